The number of nitrogens with two attached hydrogens (primary N) is 1. The number of aromatic nitrogens is 1. The Hall–Kier alpha value is -3.71. The molecule has 2 aromatic carbocycles. The van der Waals surface area contributed by atoms with Crippen LogP contribution in [0.1, 0.15) is 20.7 Å². The number of nitrogen functional groups attached to an aromatic ring is 1. The molecule has 2 heterocycles. The Morgan fingerprint density at radius 3 is 2.30 bits per heavy atom. The number of carbonyl (C=O) groups excluding carboxylic acids is 2. The zero-order valence-electron chi connectivity index (χ0n) is 16.5. The normalized spacial score (nSPS) is 13.7. The monoisotopic (exact) mass is 401 g/mol. The van der Waals surface area contributed by atoms with Gasteiger partial charge >= 0.3 is 0 Å². The molecule has 1 aliphatic rings. The van der Waals surface area contributed by atoms with E-state index >= 15 is 0 Å². The number of hydrogen-bond acceptors (Lipinski definition) is 5. The maximum atomic E-state index is 12.6. The lowest BCUT2D eigenvalue weighted by molar-refractivity contribution is 0.0735. The summed E-state index contributed by atoms with van der Waals surface area (Å²) in [5.41, 5.74) is 9.78. The highest BCUT2D eigenvalue weighted by Gasteiger charge is 2.18. The zero-order valence-corrected chi connectivity index (χ0v) is 16.5. The summed E-state index contributed by atoms with van der Waals surface area (Å²) in [5.74, 6) is -0.211. The Labute approximate surface area is 174 Å². The molecule has 2 amide bonds. The largest absolute Gasteiger partial charge is 0.399 e. The van der Waals surface area contributed by atoms with Gasteiger partial charge in [0.15, 0.2) is 0 Å². The molecule has 1 aromatic heterocycles. The number of rotatable bonds is 4. The van der Waals surface area contributed by atoms with E-state index in [0.29, 0.717) is 22.5 Å². The molecule has 0 spiro atoms. The molecule has 0 aliphatic carbocycles. The van der Waals surface area contributed by atoms with Crippen LogP contribution < -0.4 is 16.4 Å². The summed E-state index contributed by atoms with van der Waals surface area (Å²) in [6, 6.07) is 16.1. The average Bonchev–Trinajstić information content (AvgIpc) is 2.81. The Bertz CT molecular complexity index is 1040. The predicted octanol–water partition coefficient (Wildman–Crippen LogP) is 2.63. The lowest BCUT2D eigenvalue weighted by atomic mass is 10.0. The zero-order chi connectivity index (χ0) is 20.9. The fraction of sp³-hybridized carbons (Fsp3) is 0.174. The number of anilines is 2. The first-order valence-corrected chi connectivity index (χ1v) is 9.82. The fourth-order valence-electron chi connectivity index (χ4n) is 3.35. The van der Waals surface area contributed by atoms with Crippen LogP contribution in [0.4, 0.5) is 11.4 Å². The van der Waals surface area contributed by atoms with E-state index in [1.54, 1.807) is 36.5 Å². The Morgan fingerprint density at radius 1 is 0.900 bits per heavy atom. The lowest BCUT2D eigenvalue weighted by Gasteiger charge is -2.27. The summed E-state index contributed by atoms with van der Waals surface area (Å²) in [4.78, 5) is 31.2. The SMILES string of the molecule is Nc1ccc(NC(=O)c2cncc(-c3ccc(C(=O)N4CCNCC4)cc3)c2)cc1. The number of amides is 2. The van der Waals surface area contributed by atoms with Gasteiger partial charge in [-0.3, -0.25) is 14.6 Å². The molecule has 4 rings (SSSR count). The fourth-order valence-corrected chi connectivity index (χ4v) is 3.35. The molecule has 7 heteroatoms. The third-order valence-corrected chi connectivity index (χ3v) is 5.04. The van der Waals surface area contributed by atoms with Gasteiger partial charge < -0.3 is 21.3 Å². The van der Waals surface area contributed by atoms with Crippen molar-refractivity contribution in [1.82, 2.24) is 15.2 Å². The number of pyridine rings is 1. The molecule has 1 fully saturated rings. The second-order valence-corrected chi connectivity index (χ2v) is 7.16. The van der Waals surface area contributed by atoms with Gasteiger partial charge in [0.1, 0.15) is 0 Å². The van der Waals surface area contributed by atoms with Gasteiger partial charge in [-0.15, -0.1) is 0 Å². The number of nitrogens with zero attached hydrogens (tertiary/aromatic N) is 2. The van der Waals surface area contributed by atoms with Crippen LogP contribution >= 0.6 is 0 Å². The van der Waals surface area contributed by atoms with E-state index < -0.39 is 0 Å². The van der Waals surface area contributed by atoms with Crippen molar-refractivity contribution in [1.29, 1.82) is 0 Å². The first-order valence-electron chi connectivity index (χ1n) is 9.82. The second kappa shape index (κ2) is 8.75. The maximum absolute atomic E-state index is 12.6. The van der Waals surface area contributed by atoms with Gasteiger partial charge in [-0.25, -0.2) is 0 Å². The standard InChI is InChI=1S/C23H23N5O2/c24-20-5-7-21(8-6-20)27-22(29)19-13-18(14-26-15-19)16-1-3-17(4-2-16)23(30)28-11-9-25-10-12-28/h1-8,13-15,25H,9-12,24H2,(H,27,29). The summed E-state index contributed by atoms with van der Waals surface area (Å²) in [5, 5.41) is 6.08. The summed E-state index contributed by atoms with van der Waals surface area (Å²) in [6.45, 7) is 3.08. The third-order valence-electron chi connectivity index (χ3n) is 5.04. The van der Waals surface area contributed by atoms with Crippen LogP contribution in [-0.4, -0.2) is 47.9 Å². The highest BCUT2D eigenvalue weighted by molar-refractivity contribution is 6.04. The molecule has 30 heavy (non-hydrogen) atoms. The van der Waals surface area contributed by atoms with Gasteiger partial charge in [0.05, 0.1) is 5.56 Å². The highest BCUT2D eigenvalue weighted by Crippen LogP contribution is 2.21. The minimum absolute atomic E-state index is 0.0396. The molecule has 0 bridgehead atoms. The van der Waals surface area contributed by atoms with Crippen LogP contribution in [0.15, 0.2) is 67.0 Å². The highest BCUT2D eigenvalue weighted by atomic mass is 16.2. The van der Waals surface area contributed by atoms with E-state index in [1.807, 2.05) is 29.2 Å². The summed E-state index contributed by atoms with van der Waals surface area (Å²) in [7, 11) is 0. The molecule has 4 N–H and O–H groups in total. The first-order chi connectivity index (χ1) is 14.6. The van der Waals surface area contributed by atoms with Gasteiger partial charge in [-0.05, 0) is 48.0 Å². The van der Waals surface area contributed by atoms with E-state index in [4.69, 9.17) is 5.73 Å². The van der Waals surface area contributed by atoms with Crippen molar-refractivity contribution in [2.24, 2.45) is 0 Å². The van der Waals surface area contributed by atoms with Crippen molar-refractivity contribution < 1.29 is 9.59 Å². The van der Waals surface area contributed by atoms with E-state index in [9.17, 15) is 9.59 Å². The molecule has 152 valence electrons. The summed E-state index contributed by atoms with van der Waals surface area (Å²) >= 11 is 0. The molecule has 0 atom stereocenters. The van der Waals surface area contributed by atoms with Crippen molar-refractivity contribution in [3.8, 4) is 11.1 Å². The van der Waals surface area contributed by atoms with E-state index in [2.05, 4.69) is 15.6 Å². The van der Waals surface area contributed by atoms with Gasteiger partial charge in [-0.2, -0.15) is 0 Å². The number of hydrogen-bond donors (Lipinski definition) is 3. The Kier molecular flexibility index (Phi) is 5.72. The summed E-state index contributed by atoms with van der Waals surface area (Å²) in [6.07, 6.45) is 3.23. The molecule has 3 aromatic rings. The van der Waals surface area contributed by atoms with Gasteiger partial charge in [0.2, 0.25) is 0 Å². The van der Waals surface area contributed by atoms with Gasteiger partial charge in [0.25, 0.3) is 11.8 Å². The second-order valence-electron chi connectivity index (χ2n) is 7.16. The quantitative estimate of drug-likeness (QED) is 0.584. The Morgan fingerprint density at radius 2 is 1.60 bits per heavy atom. The third kappa shape index (κ3) is 4.47. The molecule has 1 aliphatic heterocycles. The number of piperazine rings is 1. The smallest absolute Gasteiger partial charge is 0.257 e. The van der Waals surface area contributed by atoms with Crippen LogP contribution in [0.5, 0.6) is 0 Å². The van der Waals surface area contributed by atoms with Crippen molar-refractivity contribution in [2.75, 3.05) is 37.2 Å². The van der Waals surface area contributed by atoms with E-state index in [-0.39, 0.29) is 11.8 Å². The molecular weight excluding hydrogens is 378 g/mol. The Balaban J connectivity index is 1.48. The van der Waals surface area contributed by atoms with Crippen molar-refractivity contribution in [2.45, 2.75) is 0 Å². The molecule has 7 nitrogen and oxygen atoms in total. The molecule has 0 unspecified atom stereocenters. The molecule has 0 saturated carbocycles. The molecule has 1 saturated heterocycles. The van der Waals surface area contributed by atoms with Crippen LogP contribution in [0.2, 0.25) is 0 Å². The minimum Gasteiger partial charge on any atom is -0.399 e. The summed E-state index contributed by atoms with van der Waals surface area (Å²) < 4.78 is 0. The van der Waals surface area contributed by atoms with Crippen molar-refractivity contribution in [3.05, 3.63) is 78.1 Å². The van der Waals surface area contributed by atoms with E-state index in [1.165, 1.54) is 6.20 Å². The maximum Gasteiger partial charge on any atom is 0.257 e. The van der Waals surface area contributed by atoms with Crippen LogP contribution in [0.25, 0.3) is 11.1 Å². The average molecular weight is 401 g/mol. The number of nitrogens with one attached hydrogen (secondary N) is 2. The van der Waals surface area contributed by atoms with Crippen molar-refractivity contribution >= 4 is 23.2 Å². The lowest BCUT2D eigenvalue weighted by Crippen LogP contribution is -2.46. The van der Waals surface area contributed by atoms with Crippen LogP contribution in [-0.2, 0) is 0 Å². The van der Waals surface area contributed by atoms with Gasteiger partial charge in [0, 0.05) is 61.1 Å². The number of carbonyl (C=O) groups is 2. The topological polar surface area (TPSA) is 100 Å². The minimum atomic E-state index is -0.250. The number of benzene rings is 2. The first kappa shape index (κ1) is 19.6. The van der Waals surface area contributed by atoms with Crippen LogP contribution in [0, 0.1) is 0 Å². The molecular formula is C23H23N5O2. The van der Waals surface area contributed by atoms with Crippen molar-refractivity contribution in [3.63, 3.8) is 0 Å². The van der Waals surface area contributed by atoms with Crippen LogP contribution in [0.3, 0.4) is 0 Å². The predicted molar refractivity (Wildman–Crippen MR) is 117 cm³/mol. The molecule has 0 radical (unpaired) electrons. The van der Waals surface area contributed by atoms with Gasteiger partial charge in [-0.1, -0.05) is 12.1 Å². The van der Waals surface area contributed by atoms with E-state index in [0.717, 1.165) is 37.3 Å².